The summed E-state index contributed by atoms with van der Waals surface area (Å²) in [6.07, 6.45) is 1.81. The van der Waals surface area contributed by atoms with Crippen LogP contribution >= 0.6 is 0 Å². The first-order valence-electron chi connectivity index (χ1n) is 11.1. The summed E-state index contributed by atoms with van der Waals surface area (Å²) in [5.41, 5.74) is -1.04. The second kappa shape index (κ2) is 13.8. The monoisotopic (exact) mass is 488 g/mol. The molecule has 13 nitrogen and oxygen atoms in total. The lowest BCUT2D eigenvalue weighted by atomic mass is 9.84. The van der Waals surface area contributed by atoms with E-state index in [1.807, 2.05) is 0 Å². The van der Waals surface area contributed by atoms with E-state index in [-0.39, 0.29) is 51.5 Å². The number of hydrogen-bond acceptors (Lipinski definition) is 8. The first-order chi connectivity index (χ1) is 15.8. The van der Waals surface area contributed by atoms with Crippen LogP contribution in [0, 0.1) is 0 Å². The molecule has 0 spiro atoms. The van der Waals surface area contributed by atoms with Crippen molar-refractivity contribution >= 4 is 29.8 Å². The summed E-state index contributed by atoms with van der Waals surface area (Å²) in [6.45, 7) is -0.825. The molecular weight excluding hydrogens is 452 g/mol. The maximum absolute atomic E-state index is 11.9. The molecule has 13 heteroatoms. The minimum atomic E-state index is -1.22. The molecule has 1 fully saturated rings. The van der Waals surface area contributed by atoms with Crippen LogP contribution in [-0.2, 0) is 24.0 Å². The van der Waals surface area contributed by atoms with Gasteiger partial charge in [0.15, 0.2) is 0 Å². The third-order valence-electron chi connectivity index (χ3n) is 5.97. The quantitative estimate of drug-likeness (QED) is 0.220. The third kappa shape index (κ3) is 10.4. The Morgan fingerprint density at radius 1 is 0.765 bits per heavy atom. The van der Waals surface area contributed by atoms with Crippen LogP contribution in [0.5, 0.6) is 0 Å². The SMILES string of the molecule is CN(C)C(=O)CCCCC1(N(CC(=O)O)CC(=O)O)CCN(CC(=O)O)CCN(CC(=O)O)C1. The number of nitrogens with zero attached hydrogens (tertiary/aromatic N) is 4. The summed E-state index contributed by atoms with van der Waals surface area (Å²) in [6, 6.07) is 0. The van der Waals surface area contributed by atoms with Crippen molar-refractivity contribution < 1.29 is 44.4 Å². The molecule has 1 unspecified atom stereocenters. The van der Waals surface area contributed by atoms with E-state index < -0.39 is 42.5 Å². The van der Waals surface area contributed by atoms with Crippen LogP contribution < -0.4 is 0 Å². The zero-order valence-electron chi connectivity index (χ0n) is 19.8. The van der Waals surface area contributed by atoms with Crippen LogP contribution in [0.25, 0.3) is 0 Å². The van der Waals surface area contributed by atoms with Gasteiger partial charge in [-0.25, -0.2) is 0 Å². The molecule has 0 aromatic rings. The Labute approximate surface area is 198 Å². The number of rotatable bonds is 14. The molecule has 0 aromatic heterocycles. The molecule has 0 aliphatic carbocycles. The van der Waals surface area contributed by atoms with Gasteiger partial charge >= 0.3 is 23.9 Å². The normalized spacial score (nSPS) is 19.9. The maximum atomic E-state index is 11.9. The van der Waals surface area contributed by atoms with Crippen molar-refractivity contribution in [1.29, 1.82) is 0 Å². The minimum Gasteiger partial charge on any atom is -0.480 e. The van der Waals surface area contributed by atoms with E-state index in [2.05, 4.69) is 0 Å². The van der Waals surface area contributed by atoms with E-state index in [0.717, 1.165) is 0 Å². The number of amides is 1. The Balaban J connectivity index is 3.30. The fourth-order valence-electron chi connectivity index (χ4n) is 4.30. The third-order valence-corrected chi connectivity index (χ3v) is 5.97. The van der Waals surface area contributed by atoms with E-state index in [0.29, 0.717) is 25.8 Å². The van der Waals surface area contributed by atoms with E-state index in [1.54, 1.807) is 23.9 Å². The average molecular weight is 489 g/mol. The minimum absolute atomic E-state index is 0.0696. The molecule has 1 rings (SSSR count). The van der Waals surface area contributed by atoms with E-state index in [4.69, 9.17) is 0 Å². The highest BCUT2D eigenvalue weighted by Gasteiger charge is 2.41. The number of hydrogen-bond donors (Lipinski definition) is 4. The van der Waals surface area contributed by atoms with Crippen molar-refractivity contribution in [2.45, 2.75) is 37.6 Å². The second-order valence-electron chi connectivity index (χ2n) is 8.89. The summed E-state index contributed by atoms with van der Waals surface area (Å²) < 4.78 is 0. The van der Waals surface area contributed by atoms with Gasteiger partial charge in [-0.2, -0.15) is 0 Å². The Morgan fingerprint density at radius 2 is 1.29 bits per heavy atom. The first kappa shape index (κ1) is 29.3. The van der Waals surface area contributed by atoms with Gasteiger partial charge in [-0.1, -0.05) is 6.42 Å². The Bertz CT molecular complexity index is 730. The Kier molecular flexibility index (Phi) is 11.9. The number of carboxylic acid groups (broad SMARTS) is 4. The van der Waals surface area contributed by atoms with Gasteiger partial charge in [0.2, 0.25) is 5.91 Å². The summed E-state index contributed by atoms with van der Waals surface area (Å²) in [7, 11) is 3.28. The van der Waals surface area contributed by atoms with Crippen molar-refractivity contribution in [2.75, 3.05) is 66.5 Å². The van der Waals surface area contributed by atoms with Crippen LogP contribution in [0.1, 0.15) is 32.1 Å². The van der Waals surface area contributed by atoms with Gasteiger partial charge in [-0.05, 0) is 19.3 Å². The van der Waals surface area contributed by atoms with Crippen molar-refractivity contribution in [2.24, 2.45) is 0 Å². The number of carbonyl (C=O) groups excluding carboxylic acids is 1. The van der Waals surface area contributed by atoms with Gasteiger partial charge in [-0.15, -0.1) is 0 Å². The van der Waals surface area contributed by atoms with Gasteiger partial charge in [0.25, 0.3) is 0 Å². The smallest absolute Gasteiger partial charge is 0.317 e. The van der Waals surface area contributed by atoms with Gasteiger partial charge in [-0.3, -0.25) is 38.7 Å². The maximum Gasteiger partial charge on any atom is 0.317 e. The first-order valence-corrected chi connectivity index (χ1v) is 11.1. The lowest BCUT2D eigenvalue weighted by Gasteiger charge is -2.48. The number of unbranched alkanes of at least 4 members (excludes halogenated alkanes) is 1. The topological polar surface area (TPSA) is 179 Å². The van der Waals surface area contributed by atoms with Gasteiger partial charge in [0.1, 0.15) is 0 Å². The molecule has 0 aromatic carbocycles. The van der Waals surface area contributed by atoms with Crippen LogP contribution in [-0.4, -0.2) is 142 Å². The fraction of sp³-hybridized carbons (Fsp3) is 0.762. The van der Waals surface area contributed by atoms with E-state index >= 15 is 0 Å². The highest BCUT2D eigenvalue weighted by Crippen LogP contribution is 2.30. The molecule has 0 bridgehead atoms. The molecule has 1 aliphatic rings. The fourth-order valence-corrected chi connectivity index (χ4v) is 4.30. The summed E-state index contributed by atoms with van der Waals surface area (Å²) in [5.74, 6) is -4.67. The van der Waals surface area contributed by atoms with Gasteiger partial charge in [0, 0.05) is 52.2 Å². The lowest BCUT2D eigenvalue weighted by Crippen LogP contribution is -2.62. The lowest BCUT2D eigenvalue weighted by molar-refractivity contribution is -0.148. The molecule has 194 valence electrons. The molecule has 1 atom stereocenters. The largest absolute Gasteiger partial charge is 0.480 e. The average Bonchev–Trinajstić information content (AvgIpc) is 2.68. The second-order valence-corrected chi connectivity index (χ2v) is 8.89. The van der Waals surface area contributed by atoms with Crippen LogP contribution in [0.15, 0.2) is 0 Å². The number of carboxylic acids is 4. The van der Waals surface area contributed by atoms with Gasteiger partial charge in [0.05, 0.1) is 26.2 Å². The van der Waals surface area contributed by atoms with E-state index in [9.17, 15) is 44.4 Å². The van der Waals surface area contributed by atoms with Crippen molar-refractivity contribution in [3.8, 4) is 0 Å². The van der Waals surface area contributed by atoms with Gasteiger partial charge < -0.3 is 25.3 Å². The summed E-state index contributed by atoms with van der Waals surface area (Å²) >= 11 is 0. The molecular formula is C21H36N4O9. The predicted molar refractivity (Wildman–Crippen MR) is 120 cm³/mol. The zero-order valence-corrected chi connectivity index (χ0v) is 19.8. The van der Waals surface area contributed by atoms with Crippen molar-refractivity contribution in [3.05, 3.63) is 0 Å². The molecule has 1 aliphatic heterocycles. The molecule has 4 N–H and O–H groups in total. The summed E-state index contributed by atoms with van der Waals surface area (Å²) in [4.78, 5) is 64.0. The van der Waals surface area contributed by atoms with Crippen LogP contribution in [0.3, 0.4) is 0 Å². The molecule has 1 amide bonds. The Hall–Kier alpha value is -2.77. The molecule has 1 heterocycles. The predicted octanol–water partition coefficient (Wildman–Crippen LogP) is -0.978. The summed E-state index contributed by atoms with van der Waals surface area (Å²) in [5, 5.41) is 37.6. The standard InChI is InChI=1S/C21H36N4O9/c1-22(2)16(26)5-3-4-6-21(25(13-19(31)32)14-20(33)34)7-8-23(11-17(27)28)9-10-24(15-21)12-18(29)30/h3-15H2,1-2H3,(H,27,28)(H,29,30)(H,31,32)(H,33,34). The number of aliphatic carboxylic acids is 4. The number of carbonyl (C=O) groups is 5. The van der Waals surface area contributed by atoms with Crippen LogP contribution in [0.2, 0.25) is 0 Å². The van der Waals surface area contributed by atoms with Crippen molar-refractivity contribution in [1.82, 2.24) is 19.6 Å². The Morgan fingerprint density at radius 3 is 1.79 bits per heavy atom. The highest BCUT2D eigenvalue weighted by molar-refractivity contribution is 5.75. The molecule has 0 saturated carbocycles. The van der Waals surface area contributed by atoms with E-state index in [1.165, 1.54) is 9.80 Å². The highest BCUT2D eigenvalue weighted by atomic mass is 16.4. The zero-order chi connectivity index (χ0) is 25.9. The van der Waals surface area contributed by atoms with Crippen LogP contribution in [0.4, 0.5) is 0 Å². The molecule has 34 heavy (non-hydrogen) atoms. The van der Waals surface area contributed by atoms with Crippen molar-refractivity contribution in [3.63, 3.8) is 0 Å². The molecule has 1 saturated heterocycles. The molecule has 0 radical (unpaired) electrons.